The first-order valence-corrected chi connectivity index (χ1v) is 9.23. The van der Waals surface area contributed by atoms with E-state index in [9.17, 15) is 9.90 Å². The topological polar surface area (TPSA) is 70.1 Å². The average molecular weight is 326 g/mol. The van der Waals surface area contributed by atoms with E-state index < -0.39 is 5.97 Å². The zero-order valence-corrected chi connectivity index (χ0v) is 15.3. The fourth-order valence-corrected chi connectivity index (χ4v) is 4.67. The fraction of sp³-hybridized carbons (Fsp3) is 0.947. The van der Waals surface area contributed by atoms with Crippen LogP contribution in [0, 0.1) is 29.1 Å². The van der Waals surface area contributed by atoms with Gasteiger partial charge >= 0.3 is 5.97 Å². The molecule has 0 aromatic heterocycles. The first-order valence-electron chi connectivity index (χ1n) is 9.23. The normalized spacial score (nSPS) is 39.4. The summed E-state index contributed by atoms with van der Waals surface area (Å²) in [6.45, 7) is 11.2. The Balaban J connectivity index is 1.98. The Bertz CT molecular complexity index is 422. The van der Waals surface area contributed by atoms with E-state index in [1.807, 2.05) is 0 Å². The minimum absolute atomic E-state index is 0.174. The van der Waals surface area contributed by atoms with E-state index in [2.05, 4.69) is 34.6 Å². The molecule has 134 valence electrons. The fourth-order valence-electron chi connectivity index (χ4n) is 4.67. The Kier molecular flexibility index (Phi) is 5.78. The highest BCUT2D eigenvalue weighted by Gasteiger charge is 2.55. The summed E-state index contributed by atoms with van der Waals surface area (Å²) in [4.78, 5) is 10.8. The largest absolute Gasteiger partial charge is 0.481 e. The summed E-state index contributed by atoms with van der Waals surface area (Å²) in [5.74, 6) is 1.27. The molecule has 1 heterocycles. The summed E-state index contributed by atoms with van der Waals surface area (Å²) < 4.78 is 6.01. The molecule has 2 aliphatic rings. The van der Waals surface area contributed by atoms with Crippen molar-refractivity contribution in [1.82, 2.24) is 0 Å². The smallest absolute Gasteiger partial charge is 0.303 e. The lowest BCUT2D eigenvalue weighted by Gasteiger charge is -2.38. The minimum Gasteiger partial charge on any atom is -0.481 e. The molecule has 0 radical (unpaired) electrons. The van der Waals surface area contributed by atoms with Crippen LogP contribution >= 0.6 is 0 Å². The molecule has 1 aliphatic carbocycles. The molecule has 7 atom stereocenters. The number of aliphatic hydroxyl groups excluding tert-OH is 1. The number of aliphatic hydroxyl groups is 1. The van der Waals surface area contributed by atoms with E-state index in [0.717, 1.165) is 19.3 Å². The molecule has 4 nitrogen and oxygen atoms in total. The summed E-state index contributed by atoms with van der Waals surface area (Å²) in [7, 11) is 0. The van der Waals surface area contributed by atoms with Gasteiger partial charge in [-0.15, -0.1) is 0 Å². The van der Waals surface area contributed by atoms with Crippen molar-refractivity contribution in [3.8, 4) is 0 Å². The molecule has 1 aliphatic heterocycles. The third kappa shape index (κ3) is 3.90. The third-order valence-corrected chi connectivity index (χ3v) is 6.75. The summed E-state index contributed by atoms with van der Waals surface area (Å²) in [5.41, 5.74) is -0.174. The van der Waals surface area contributed by atoms with Crippen molar-refractivity contribution in [1.29, 1.82) is 0 Å². The molecule has 0 amide bonds. The predicted octanol–water partition coefficient (Wildman–Crippen LogP) is 3.71. The number of carbonyl (C=O) groups is 1. The van der Waals surface area contributed by atoms with Crippen LogP contribution < -0.4 is 0 Å². The molecule has 2 rings (SSSR count). The van der Waals surface area contributed by atoms with Crippen LogP contribution in [0.3, 0.4) is 0 Å². The van der Waals surface area contributed by atoms with Crippen LogP contribution in [0.4, 0.5) is 0 Å². The van der Waals surface area contributed by atoms with Crippen LogP contribution in [0.15, 0.2) is 0 Å². The summed E-state index contributed by atoms with van der Waals surface area (Å²) in [6, 6.07) is 0. The highest BCUT2D eigenvalue weighted by Crippen LogP contribution is 2.54. The van der Waals surface area contributed by atoms with E-state index in [-0.39, 0.29) is 17.9 Å². The third-order valence-electron chi connectivity index (χ3n) is 6.75. The van der Waals surface area contributed by atoms with Crippen molar-refractivity contribution in [2.45, 2.75) is 85.0 Å². The van der Waals surface area contributed by atoms with Gasteiger partial charge in [0.05, 0.1) is 18.3 Å². The van der Waals surface area contributed by atoms with Crippen LogP contribution in [0.1, 0.15) is 66.7 Å². The predicted molar refractivity (Wildman–Crippen MR) is 90.2 cm³/mol. The minimum atomic E-state index is -0.748. The number of aliphatic carboxylic acids is 1. The van der Waals surface area contributed by atoms with E-state index in [4.69, 9.17) is 9.84 Å². The molecule has 0 aromatic rings. The Morgan fingerprint density at radius 2 is 1.87 bits per heavy atom. The van der Waals surface area contributed by atoms with Gasteiger partial charge in [0, 0.05) is 6.42 Å². The van der Waals surface area contributed by atoms with E-state index in [0.29, 0.717) is 42.3 Å². The van der Waals surface area contributed by atoms with Gasteiger partial charge in [-0.1, -0.05) is 34.6 Å². The molecule has 0 spiro atoms. The monoisotopic (exact) mass is 326 g/mol. The standard InChI is InChI=1S/C19H34O4/c1-11(2)12(3)17-18(23-17)13(4)14-8-9-15(20)19(14,5)10-6-7-16(21)22/h11-15,17-18,20H,6-10H2,1-5H3,(H,21,22). The van der Waals surface area contributed by atoms with Gasteiger partial charge in [0.15, 0.2) is 0 Å². The zero-order chi connectivity index (χ0) is 17.4. The Morgan fingerprint density at radius 1 is 1.22 bits per heavy atom. The van der Waals surface area contributed by atoms with Crippen LogP contribution in [-0.4, -0.2) is 34.5 Å². The number of hydrogen-bond donors (Lipinski definition) is 2. The van der Waals surface area contributed by atoms with E-state index >= 15 is 0 Å². The zero-order valence-electron chi connectivity index (χ0n) is 15.3. The molecule has 0 bridgehead atoms. The van der Waals surface area contributed by atoms with Crippen molar-refractivity contribution in [3.63, 3.8) is 0 Å². The quantitative estimate of drug-likeness (QED) is 0.667. The lowest BCUT2D eigenvalue weighted by Crippen LogP contribution is -2.37. The van der Waals surface area contributed by atoms with E-state index in [1.54, 1.807) is 0 Å². The second kappa shape index (κ2) is 7.10. The molecule has 1 saturated heterocycles. The molecule has 2 N–H and O–H groups in total. The van der Waals surface area contributed by atoms with E-state index in [1.165, 1.54) is 0 Å². The number of rotatable bonds is 8. The molecule has 23 heavy (non-hydrogen) atoms. The first-order chi connectivity index (χ1) is 10.7. The number of epoxide rings is 1. The number of carboxylic acids is 1. The van der Waals surface area contributed by atoms with Gasteiger partial charge in [0.1, 0.15) is 0 Å². The van der Waals surface area contributed by atoms with Gasteiger partial charge in [0.25, 0.3) is 0 Å². The molecule has 2 fully saturated rings. The lowest BCUT2D eigenvalue weighted by atomic mass is 9.68. The van der Waals surface area contributed by atoms with Crippen LogP contribution in [0.5, 0.6) is 0 Å². The van der Waals surface area contributed by atoms with Crippen molar-refractivity contribution in [3.05, 3.63) is 0 Å². The van der Waals surface area contributed by atoms with Crippen LogP contribution in [0.2, 0.25) is 0 Å². The maximum Gasteiger partial charge on any atom is 0.303 e. The maximum absolute atomic E-state index is 10.8. The summed E-state index contributed by atoms with van der Waals surface area (Å²) in [5, 5.41) is 19.4. The lowest BCUT2D eigenvalue weighted by molar-refractivity contribution is -0.137. The molecule has 1 saturated carbocycles. The van der Waals surface area contributed by atoms with Crippen molar-refractivity contribution in [2.24, 2.45) is 29.1 Å². The van der Waals surface area contributed by atoms with Gasteiger partial charge in [-0.3, -0.25) is 4.79 Å². The van der Waals surface area contributed by atoms with Crippen LogP contribution in [0.25, 0.3) is 0 Å². The average Bonchev–Trinajstić information content (AvgIpc) is 3.20. The first kappa shape index (κ1) is 18.7. The van der Waals surface area contributed by atoms with Crippen molar-refractivity contribution >= 4 is 5.97 Å². The van der Waals surface area contributed by atoms with Gasteiger partial charge in [-0.2, -0.15) is 0 Å². The molecule has 4 heteroatoms. The number of carboxylic acid groups (broad SMARTS) is 1. The molecular weight excluding hydrogens is 292 g/mol. The molecular formula is C19H34O4. The van der Waals surface area contributed by atoms with Crippen molar-refractivity contribution in [2.75, 3.05) is 0 Å². The Morgan fingerprint density at radius 3 is 2.43 bits per heavy atom. The van der Waals surface area contributed by atoms with Crippen LogP contribution in [-0.2, 0) is 9.53 Å². The van der Waals surface area contributed by atoms with Crippen molar-refractivity contribution < 1.29 is 19.7 Å². The van der Waals surface area contributed by atoms with Gasteiger partial charge in [-0.25, -0.2) is 0 Å². The van der Waals surface area contributed by atoms with Gasteiger partial charge in [-0.05, 0) is 54.8 Å². The highest BCUT2D eigenvalue weighted by atomic mass is 16.6. The second-order valence-corrected chi connectivity index (χ2v) is 8.48. The Labute approximate surface area is 140 Å². The highest BCUT2D eigenvalue weighted by molar-refractivity contribution is 5.66. The molecule has 7 unspecified atom stereocenters. The Hall–Kier alpha value is -0.610. The maximum atomic E-state index is 10.8. The van der Waals surface area contributed by atoms with Gasteiger partial charge < -0.3 is 14.9 Å². The second-order valence-electron chi connectivity index (χ2n) is 8.48. The summed E-state index contributed by atoms with van der Waals surface area (Å²) in [6.07, 6.45) is 3.81. The van der Waals surface area contributed by atoms with Gasteiger partial charge in [0.2, 0.25) is 0 Å². The summed E-state index contributed by atoms with van der Waals surface area (Å²) >= 11 is 0. The molecule has 0 aromatic carbocycles. The number of ether oxygens (including phenoxy) is 1. The number of hydrogen-bond acceptors (Lipinski definition) is 3. The SMILES string of the molecule is CC(C)C(C)C1OC1C(C)C1CCC(O)C1(C)CCCC(=O)O.